The molecule has 0 aromatic rings. The summed E-state index contributed by atoms with van der Waals surface area (Å²) < 4.78 is 9.17. The molecule has 0 atom stereocenters. The first-order valence-electron chi connectivity index (χ1n) is 4.60. The molecule has 2 N–H and O–H groups in total. The van der Waals surface area contributed by atoms with Crippen molar-refractivity contribution in [2.24, 2.45) is 5.92 Å². The first-order chi connectivity index (χ1) is 5.85. The Morgan fingerprint density at radius 2 is 2.00 bits per heavy atom. The number of aliphatic hydroxyl groups is 1. The molecule has 1 fully saturated rings. The Balaban J connectivity index is 0.000000261. The van der Waals surface area contributed by atoms with Crippen LogP contribution in [0.25, 0.3) is 0 Å². The third kappa shape index (κ3) is 6.49. The molecule has 0 saturated carbocycles. The molecule has 12 heavy (non-hydrogen) atoms. The molecule has 0 aliphatic carbocycles. The van der Waals surface area contributed by atoms with Gasteiger partial charge < -0.3 is 10.4 Å². The van der Waals surface area contributed by atoms with Crippen molar-refractivity contribution in [3.8, 4) is 0 Å². The maximum absolute atomic E-state index is 9.17. The molecule has 3 nitrogen and oxygen atoms in total. The summed E-state index contributed by atoms with van der Waals surface area (Å²) >= 11 is 0. The Bertz CT molecular complexity index is 105. The minimum Gasteiger partial charge on any atom is -0.396 e. The van der Waals surface area contributed by atoms with Crippen molar-refractivity contribution in [2.75, 3.05) is 19.7 Å². The van der Waals surface area contributed by atoms with E-state index in [4.69, 9.17) is 5.11 Å². The molecule has 0 aromatic heterocycles. The van der Waals surface area contributed by atoms with E-state index in [1.807, 2.05) is 6.92 Å². The zero-order valence-electron chi connectivity index (χ0n) is 7.75. The largest absolute Gasteiger partial charge is 0.396 e. The summed E-state index contributed by atoms with van der Waals surface area (Å²) in [4.78, 5) is 0. The van der Waals surface area contributed by atoms with Gasteiger partial charge in [-0.3, -0.25) is 0 Å². The molecule has 0 aromatic carbocycles. The van der Waals surface area contributed by atoms with Gasteiger partial charge in [-0.25, -0.2) is 0 Å². The van der Waals surface area contributed by atoms with Gasteiger partial charge >= 0.3 is 25.1 Å². The van der Waals surface area contributed by atoms with Gasteiger partial charge in [0.15, 0.2) is 0 Å². The SMILES string of the molecule is CCB=O.OCC1CCNCC1. The normalized spacial score (nSPS) is 17.5. The Morgan fingerprint density at radius 1 is 1.50 bits per heavy atom. The fraction of sp³-hybridized carbons (Fsp3) is 1.00. The summed E-state index contributed by atoms with van der Waals surface area (Å²) in [6.45, 7) is 4.37. The molecular formula is C8H18BNO2. The molecule has 0 radical (unpaired) electrons. The average molecular weight is 171 g/mol. The van der Waals surface area contributed by atoms with E-state index in [0.29, 0.717) is 18.8 Å². The maximum Gasteiger partial charge on any atom is 0.0460 e. The van der Waals surface area contributed by atoms with E-state index in [1.54, 1.807) is 0 Å². The Kier molecular flexibility index (Phi) is 8.72. The number of hydrogen-bond acceptors (Lipinski definition) is 3. The summed E-state index contributed by atoms with van der Waals surface area (Å²) in [6, 6.07) is 0. The van der Waals surface area contributed by atoms with Gasteiger partial charge in [-0.1, -0.05) is 0 Å². The van der Waals surface area contributed by atoms with Crippen LogP contribution >= 0.6 is 0 Å². The van der Waals surface area contributed by atoms with Crippen LogP contribution in [-0.4, -0.2) is 32.0 Å². The molecule has 0 unspecified atom stereocenters. The van der Waals surface area contributed by atoms with E-state index in [9.17, 15) is 4.70 Å². The number of nitrogens with one attached hydrogen (secondary N) is 1. The van der Waals surface area contributed by atoms with Gasteiger partial charge in [0, 0.05) is 6.61 Å². The fourth-order valence-electron chi connectivity index (χ4n) is 1.06. The third-order valence-corrected chi connectivity index (χ3v) is 1.88. The molecule has 0 amide bonds. The summed E-state index contributed by atoms with van der Waals surface area (Å²) in [5.74, 6) is 0.580. The standard InChI is InChI=1S/C6H13NO.C2H5BO/c8-5-6-1-3-7-4-2-6;1-2-3-4/h6-8H,1-5H2;2H2,1H3. The Hall–Kier alpha value is -0.215. The second kappa shape index (κ2) is 8.88. The van der Waals surface area contributed by atoms with Crippen LogP contribution in [0.1, 0.15) is 19.8 Å². The van der Waals surface area contributed by atoms with Gasteiger partial charge in [0.1, 0.15) is 0 Å². The van der Waals surface area contributed by atoms with Crippen molar-refractivity contribution in [3.05, 3.63) is 0 Å². The first-order valence-corrected chi connectivity index (χ1v) is 4.60. The van der Waals surface area contributed by atoms with E-state index in [1.165, 1.54) is 0 Å². The van der Waals surface area contributed by atoms with Gasteiger partial charge in [-0.2, -0.15) is 0 Å². The van der Waals surface area contributed by atoms with Crippen molar-refractivity contribution in [3.63, 3.8) is 0 Å². The monoisotopic (exact) mass is 171 g/mol. The van der Waals surface area contributed by atoms with Crippen molar-refractivity contribution >= 4 is 7.15 Å². The summed E-state index contributed by atoms with van der Waals surface area (Å²) in [7, 11) is 0.875. The van der Waals surface area contributed by atoms with E-state index >= 15 is 0 Å². The summed E-state index contributed by atoms with van der Waals surface area (Å²) in [5, 5.41) is 11.9. The maximum atomic E-state index is 9.17. The molecule has 4 heteroatoms. The molecule has 1 saturated heterocycles. The van der Waals surface area contributed by atoms with Crippen LogP contribution in [0.4, 0.5) is 0 Å². The van der Waals surface area contributed by atoms with Crippen LogP contribution in [0.5, 0.6) is 0 Å². The zero-order chi connectivity index (χ0) is 9.23. The molecule has 70 valence electrons. The number of piperidine rings is 1. The molecule has 1 heterocycles. The van der Waals surface area contributed by atoms with Gasteiger partial charge in [0.05, 0.1) is 0 Å². The Morgan fingerprint density at radius 3 is 2.25 bits per heavy atom. The van der Waals surface area contributed by atoms with E-state index in [0.717, 1.165) is 33.1 Å². The molecule has 1 rings (SSSR count). The molecule has 1 aliphatic rings. The number of aliphatic hydroxyl groups excluding tert-OH is 1. The third-order valence-electron chi connectivity index (χ3n) is 1.88. The molecule has 1 aliphatic heterocycles. The van der Waals surface area contributed by atoms with Gasteiger partial charge in [0.25, 0.3) is 0 Å². The van der Waals surface area contributed by atoms with Crippen LogP contribution in [-0.2, 0) is 4.70 Å². The van der Waals surface area contributed by atoms with Gasteiger partial charge in [-0.05, 0) is 31.8 Å². The molecule has 0 spiro atoms. The second-order valence-corrected chi connectivity index (χ2v) is 2.95. The predicted molar refractivity (Wildman–Crippen MR) is 49.6 cm³/mol. The fourth-order valence-corrected chi connectivity index (χ4v) is 1.06. The quantitative estimate of drug-likeness (QED) is 0.593. The van der Waals surface area contributed by atoms with Crippen molar-refractivity contribution in [1.29, 1.82) is 0 Å². The van der Waals surface area contributed by atoms with Gasteiger partial charge in [-0.15, -0.1) is 0 Å². The summed E-state index contributed by atoms with van der Waals surface area (Å²) in [5.41, 5.74) is 0. The van der Waals surface area contributed by atoms with Crippen LogP contribution in [0, 0.1) is 5.92 Å². The predicted octanol–water partition coefficient (Wildman–Crippen LogP) is 0.453. The Labute approximate surface area is 74.8 Å². The van der Waals surface area contributed by atoms with Crippen LogP contribution < -0.4 is 5.32 Å². The number of rotatable bonds is 2. The van der Waals surface area contributed by atoms with Gasteiger partial charge in [0.2, 0.25) is 0 Å². The molecule has 0 bridgehead atoms. The average Bonchev–Trinajstić information content (AvgIpc) is 2.19. The van der Waals surface area contributed by atoms with E-state index in [2.05, 4.69) is 5.32 Å². The number of hydrogen-bond donors (Lipinski definition) is 2. The van der Waals surface area contributed by atoms with E-state index < -0.39 is 0 Å². The van der Waals surface area contributed by atoms with Crippen molar-refractivity contribution in [1.82, 2.24) is 5.32 Å². The first kappa shape index (κ1) is 11.8. The van der Waals surface area contributed by atoms with Crippen LogP contribution in [0.2, 0.25) is 6.32 Å². The van der Waals surface area contributed by atoms with Crippen LogP contribution in [0.3, 0.4) is 0 Å². The van der Waals surface area contributed by atoms with E-state index in [-0.39, 0.29) is 0 Å². The zero-order valence-corrected chi connectivity index (χ0v) is 7.75. The van der Waals surface area contributed by atoms with Crippen molar-refractivity contribution in [2.45, 2.75) is 26.1 Å². The minimum atomic E-state index is 0.377. The van der Waals surface area contributed by atoms with Crippen LogP contribution in [0.15, 0.2) is 0 Å². The molecular weight excluding hydrogens is 153 g/mol. The van der Waals surface area contributed by atoms with Crippen molar-refractivity contribution < 1.29 is 9.81 Å². The topological polar surface area (TPSA) is 49.3 Å². The summed E-state index contributed by atoms with van der Waals surface area (Å²) in [6.07, 6.45) is 2.94. The minimum absolute atomic E-state index is 0.377. The second-order valence-electron chi connectivity index (χ2n) is 2.95. The smallest absolute Gasteiger partial charge is 0.0460 e.